The molecule has 0 N–H and O–H groups in total. The third-order valence-corrected chi connectivity index (χ3v) is 4.99. The molecule has 120 valence electrons. The number of carbonyl (C=O) groups is 1. The molecule has 23 heavy (non-hydrogen) atoms. The highest BCUT2D eigenvalue weighted by Gasteiger charge is 2.16. The van der Waals surface area contributed by atoms with Gasteiger partial charge in [-0.15, -0.1) is 10.2 Å². The number of halogens is 1. The second-order valence-corrected chi connectivity index (χ2v) is 6.93. The maximum atomic E-state index is 12.1. The van der Waals surface area contributed by atoms with Crippen molar-refractivity contribution >= 4 is 29.3 Å². The van der Waals surface area contributed by atoms with Crippen LogP contribution >= 0.6 is 23.4 Å². The first-order chi connectivity index (χ1) is 11.2. The molecule has 0 unspecified atom stereocenters. The molecule has 0 radical (unpaired) electrons. The first kappa shape index (κ1) is 16.3. The van der Waals surface area contributed by atoms with Crippen LogP contribution in [0.3, 0.4) is 0 Å². The predicted octanol–water partition coefficient (Wildman–Crippen LogP) is 3.90. The van der Waals surface area contributed by atoms with E-state index < -0.39 is 0 Å². The Balaban J connectivity index is 1.57. The molecule has 1 aromatic heterocycles. The van der Waals surface area contributed by atoms with Crippen LogP contribution in [0.2, 0.25) is 5.02 Å². The Labute approximate surface area is 145 Å². The van der Waals surface area contributed by atoms with Crippen LogP contribution in [0.4, 0.5) is 0 Å². The predicted molar refractivity (Wildman–Crippen MR) is 93.6 cm³/mol. The molecule has 1 saturated heterocycles. The third-order valence-electron chi connectivity index (χ3n) is 3.83. The minimum Gasteiger partial charge on any atom is -0.342 e. The number of hydrogen-bond acceptors (Lipinski definition) is 4. The highest BCUT2D eigenvalue weighted by Crippen LogP contribution is 2.22. The van der Waals surface area contributed by atoms with E-state index in [-0.39, 0.29) is 5.91 Å². The number of aromatic nitrogens is 2. The van der Waals surface area contributed by atoms with Gasteiger partial charge in [0.15, 0.2) is 0 Å². The van der Waals surface area contributed by atoms with Crippen LogP contribution in [0, 0.1) is 0 Å². The maximum absolute atomic E-state index is 12.1. The van der Waals surface area contributed by atoms with Gasteiger partial charge in [-0.3, -0.25) is 4.79 Å². The zero-order valence-corrected chi connectivity index (χ0v) is 14.3. The average Bonchev–Trinajstić information content (AvgIpc) is 2.61. The normalized spacial score (nSPS) is 14.7. The highest BCUT2D eigenvalue weighted by molar-refractivity contribution is 7.99. The van der Waals surface area contributed by atoms with Crippen molar-refractivity contribution in [1.29, 1.82) is 0 Å². The number of rotatable bonds is 4. The quantitative estimate of drug-likeness (QED) is 0.787. The number of nitrogens with zero attached hydrogens (tertiary/aromatic N) is 3. The largest absolute Gasteiger partial charge is 0.342 e. The molecule has 0 atom stereocenters. The summed E-state index contributed by atoms with van der Waals surface area (Å²) >= 11 is 7.33. The van der Waals surface area contributed by atoms with E-state index >= 15 is 0 Å². The van der Waals surface area contributed by atoms with Crippen molar-refractivity contribution < 1.29 is 4.79 Å². The van der Waals surface area contributed by atoms with Crippen molar-refractivity contribution in [2.24, 2.45) is 0 Å². The molecule has 1 fully saturated rings. The summed E-state index contributed by atoms with van der Waals surface area (Å²) in [4.78, 5) is 14.1. The van der Waals surface area contributed by atoms with Gasteiger partial charge in [-0.25, -0.2) is 0 Å². The third kappa shape index (κ3) is 4.45. The lowest BCUT2D eigenvalue weighted by Gasteiger charge is -2.26. The van der Waals surface area contributed by atoms with E-state index in [0.29, 0.717) is 10.8 Å². The van der Waals surface area contributed by atoms with E-state index in [0.717, 1.165) is 42.2 Å². The smallest absolute Gasteiger partial charge is 0.232 e. The van der Waals surface area contributed by atoms with Gasteiger partial charge in [0.1, 0.15) is 5.03 Å². The van der Waals surface area contributed by atoms with Crippen LogP contribution in [-0.2, 0) is 4.79 Å². The van der Waals surface area contributed by atoms with Crippen LogP contribution in [0.1, 0.15) is 19.3 Å². The van der Waals surface area contributed by atoms with Crippen molar-refractivity contribution in [3.63, 3.8) is 0 Å². The molecular weight excluding hydrogens is 330 g/mol. The minimum atomic E-state index is 0.193. The molecule has 0 aliphatic carbocycles. The van der Waals surface area contributed by atoms with Crippen molar-refractivity contribution in [2.75, 3.05) is 18.8 Å². The van der Waals surface area contributed by atoms with Crippen LogP contribution in [0.15, 0.2) is 41.4 Å². The Morgan fingerprint density at radius 2 is 1.78 bits per heavy atom. The molecule has 1 amide bonds. The fourth-order valence-corrected chi connectivity index (χ4v) is 3.38. The van der Waals surface area contributed by atoms with Gasteiger partial charge in [-0.2, -0.15) is 0 Å². The molecule has 2 aromatic rings. The number of benzene rings is 1. The molecule has 4 nitrogen and oxygen atoms in total. The number of thioether (sulfide) groups is 1. The van der Waals surface area contributed by atoms with Crippen molar-refractivity contribution in [1.82, 2.24) is 15.1 Å². The number of hydrogen-bond donors (Lipinski definition) is 0. The summed E-state index contributed by atoms with van der Waals surface area (Å²) in [5.41, 5.74) is 1.77. The Kier molecular flexibility index (Phi) is 5.51. The van der Waals surface area contributed by atoms with Gasteiger partial charge >= 0.3 is 0 Å². The lowest BCUT2D eigenvalue weighted by molar-refractivity contribution is -0.129. The Bertz CT molecular complexity index is 655. The molecule has 1 aliphatic rings. The first-order valence-electron chi connectivity index (χ1n) is 7.72. The molecule has 0 bridgehead atoms. The number of piperidine rings is 1. The van der Waals surface area contributed by atoms with Crippen LogP contribution in [-0.4, -0.2) is 39.8 Å². The van der Waals surface area contributed by atoms with Crippen LogP contribution in [0.25, 0.3) is 11.3 Å². The standard InChI is InChI=1S/C17H18ClN3OS/c18-14-6-4-13(5-7-14)15-8-9-16(20-19-15)23-12-17(22)21-10-2-1-3-11-21/h4-9H,1-3,10-12H2. The van der Waals surface area contributed by atoms with E-state index in [1.807, 2.05) is 41.3 Å². The minimum absolute atomic E-state index is 0.193. The fourth-order valence-electron chi connectivity index (χ4n) is 2.54. The molecule has 0 saturated carbocycles. The highest BCUT2D eigenvalue weighted by atomic mass is 35.5. The molecule has 1 aromatic carbocycles. The van der Waals surface area contributed by atoms with Gasteiger partial charge in [0.2, 0.25) is 5.91 Å². The zero-order valence-electron chi connectivity index (χ0n) is 12.7. The van der Waals surface area contributed by atoms with E-state index in [9.17, 15) is 4.79 Å². The molecule has 6 heteroatoms. The summed E-state index contributed by atoms with van der Waals surface area (Å²) in [5.74, 6) is 0.618. The van der Waals surface area contributed by atoms with Crippen LogP contribution in [0.5, 0.6) is 0 Å². The molecule has 0 spiro atoms. The lowest BCUT2D eigenvalue weighted by Crippen LogP contribution is -2.36. The van der Waals surface area contributed by atoms with Gasteiger partial charge in [0.05, 0.1) is 11.4 Å². The number of likely N-dealkylation sites (tertiary alicyclic amines) is 1. The molecule has 2 heterocycles. The first-order valence-corrected chi connectivity index (χ1v) is 9.09. The number of amides is 1. The zero-order chi connectivity index (χ0) is 16.1. The summed E-state index contributed by atoms with van der Waals surface area (Å²) in [6.45, 7) is 1.78. The molecular formula is C17H18ClN3OS. The Morgan fingerprint density at radius 1 is 1.04 bits per heavy atom. The monoisotopic (exact) mass is 347 g/mol. The van der Waals surface area contributed by atoms with Gasteiger partial charge in [0.25, 0.3) is 0 Å². The molecule has 1 aliphatic heterocycles. The van der Waals surface area contributed by atoms with E-state index in [4.69, 9.17) is 11.6 Å². The summed E-state index contributed by atoms with van der Waals surface area (Å²) in [6.07, 6.45) is 3.46. The second kappa shape index (κ2) is 7.79. The Hall–Kier alpha value is -1.59. The lowest BCUT2D eigenvalue weighted by atomic mass is 10.1. The van der Waals surface area contributed by atoms with Gasteiger partial charge in [-0.05, 0) is 43.5 Å². The van der Waals surface area contributed by atoms with Crippen molar-refractivity contribution in [3.05, 3.63) is 41.4 Å². The summed E-state index contributed by atoms with van der Waals surface area (Å²) in [7, 11) is 0. The SMILES string of the molecule is O=C(CSc1ccc(-c2ccc(Cl)cc2)nn1)N1CCCCC1. The van der Waals surface area contributed by atoms with E-state index in [1.54, 1.807) is 0 Å². The van der Waals surface area contributed by atoms with Gasteiger partial charge in [0, 0.05) is 23.7 Å². The van der Waals surface area contributed by atoms with Crippen molar-refractivity contribution in [3.8, 4) is 11.3 Å². The summed E-state index contributed by atoms with van der Waals surface area (Å²) in [5, 5.41) is 9.90. The van der Waals surface area contributed by atoms with E-state index in [1.165, 1.54) is 18.2 Å². The summed E-state index contributed by atoms with van der Waals surface area (Å²) < 4.78 is 0. The topological polar surface area (TPSA) is 46.1 Å². The second-order valence-electron chi connectivity index (χ2n) is 5.49. The average molecular weight is 348 g/mol. The van der Waals surface area contributed by atoms with Gasteiger partial charge in [-0.1, -0.05) is 35.5 Å². The van der Waals surface area contributed by atoms with E-state index in [2.05, 4.69) is 10.2 Å². The van der Waals surface area contributed by atoms with Gasteiger partial charge < -0.3 is 4.90 Å². The maximum Gasteiger partial charge on any atom is 0.232 e. The summed E-state index contributed by atoms with van der Waals surface area (Å²) in [6, 6.07) is 11.3. The number of carbonyl (C=O) groups excluding carboxylic acids is 1. The Morgan fingerprint density at radius 3 is 2.43 bits per heavy atom. The van der Waals surface area contributed by atoms with Crippen LogP contribution < -0.4 is 0 Å². The molecule has 3 rings (SSSR count). The fraction of sp³-hybridized carbons (Fsp3) is 0.353. The van der Waals surface area contributed by atoms with Crippen molar-refractivity contribution in [2.45, 2.75) is 24.3 Å².